The van der Waals surface area contributed by atoms with Gasteiger partial charge in [0.1, 0.15) is 5.82 Å². The van der Waals surface area contributed by atoms with Crippen molar-refractivity contribution < 1.29 is 4.74 Å². The fourth-order valence-corrected chi connectivity index (χ4v) is 3.17. The monoisotopic (exact) mass is 396 g/mol. The number of hydrogen-bond donors (Lipinski definition) is 0. The molecule has 1 aromatic carbocycles. The third-order valence-electron chi connectivity index (χ3n) is 4.08. The Morgan fingerprint density at radius 3 is 2.48 bits per heavy atom. The molecular weight excluding hydrogens is 380 g/mol. The molecule has 126 valence electrons. The standard InChI is InChI=1S/C19H17BrN4O/c20-16-10-15(12-21-13-16)17-11-18(24-6-8-25-9-7-24)23-19(22-17)14-4-2-1-3-5-14/h1-5,10-13H,6-9H2. The third-order valence-corrected chi connectivity index (χ3v) is 4.51. The van der Waals surface area contributed by atoms with Gasteiger partial charge in [-0.05, 0) is 22.0 Å². The van der Waals surface area contributed by atoms with E-state index >= 15 is 0 Å². The van der Waals surface area contributed by atoms with Gasteiger partial charge >= 0.3 is 0 Å². The number of nitrogens with zero attached hydrogens (tertiary/aromatic N) is 4. The molecule has 1 saturated heterocycles. The summed E-state index contributed by atoms with van der Waals surface area (Å²) in [5.41, 5.74) is 2.83. The van der Waals surface area contributed by atoms with Crippen LogP contribution in [0.4, 0.5) is 5.82 Å². The van der Waals surface area contributed by atoms with E-state index < -0.39 is 0 Å². The fraction of sp³-hybridized carbons (Fsp3) is 0.211. The molecule has 0 atom stereocenters. The molecule has 0 saturated carbocycles. The first-order valence-corrected chi connectivity index (χ1v) is 8.97. The number of pyridine rings is 1. The van der Waals surface area contributed by atoms with E-state index in [0.717, 1.165) is 59.2 Å². The summed E-state index contributed by atoms with van der Waals surface area (Å²) in [6, 6.07) is 14.1. The van der Waals surface area contributed by atoms with Gasteiger partial charge in [0.15, 0.2) is 5.82 Å². The maximum Gasteiger partial charge on any atom is 0.162 e. The Morgan fingerprint density at radius 1 is 0.920 bits per heavy atom. The number of aromatic nitrogens is 3. The molecule has 3 aromatic rings. The van der Waals surface area contributed by atoms with Gasteiger partial charge in [-0.1, -0.05) is 30.3 Å². The number of anilines is 1. The smallest absolute Gasteiger partial charge is 0.162 e. The summed E-state index contributed by atoms with van der Waals surface area (Å²) in [7, 11) is 0. The second-order valence-corrected chi connectivity index (χ2v) is 6.71. The molecule has 0 aliphatic carbocycles. The van der Waals surface area contributed by atoms with Gasteiger partial charge in [-0.25, -0.2) is 9.97 Å². The van der Waals surface area contributed by atoms with Crippen molar-refractivity contribution in [2.45, 2.75) is 0 Å². The zero-order valence-electron chi connectivity index (χ0n) is 13.6. The molecule has 0 radical (unpaired) electrons. The van der Waals surface area contributed by atoms with Gasteiger partial charge in [-0.3, -0.25) is 4.98 Å². The molecular formula is C19H17BrN4O. The molecule has 2 aromatic heterocycles. The van der Waals surface area contributed by atoms with Crippen molar-refractivity contribution in [3.63, 3.8) is 0 Å². The van der Waals surface area contributed by atoms with Gasteiger partial charge < -0.3 is 9.64 Å². The highest BCUT2D eigenvalue weighted by Gasteiger charge is 2.16. The number of benzene rings is 1. The fourth-order valence-electron chi connectivity index (χ4n) is 2.81. The van der Waals surface area contributed by atoms with Crippen LogP contribution in [-0.4, -0.2) is 41.3 Å². The summed E-state index contributed by atoms with van der Waals surface area (Å²) in [6.07, 6.45) is 3.59. The molecule has 0 bridgehead atoms. The Balaban J connectivity index is 1.82. The van der Waals surface area contributed by atoms with Crippen LogP contribution in [0.3, 0.4) is 0 Å². The lowest BCUT2D eigenvalue weighted by Gasteiger charge is -2.28. The second-order valence-electron chi connectivity index (χ2n) is 5.79. The first-order valence-electron chi connectivity index (χ1n) is 8.18. The maximum absolute atomic E-state index is 5.47. The van der Waals surface area contributed by atoms with Gasteiger partial charge in [0.25, 0.3) is 0 Å². The summed E-state index contributed by atoms with van der Waals surface area (Å²) in [5.74, 6) is 1.65. The highest BCUT2D eigenvalue weighted by Crippen LogP contribution is 2.27. The highest BCUT2D eigenvalue weighted by molar-refractivity contribution is 9.10. The van der Waals surface area contributed by atoms with E-state index in [4.69, 9.17) is 14.7 Å². The lowest BCUT2D eigenvalue weighted by atomic mass is 10.1. The molecule has 25 heavy (non-hydrogen) atoms. The van der Waals surface area contributed by atoms with Crippen molar-refractivity contribution >= 4 is 21.7 Å². The summed E-state index contributed by atoms with van der Waals surface area (Å²) in [5, 5.41) is 0. The molecule has 4 rings (SSSR count). The quantitative estimate of drug-likeness (QED) is 0.673. The van der Waals surface area contributed by atoms with E-state index in [-0.39, 0.29) is 0 Å². The molecule has 5 nitrogen and oxygen atoms in total. The third kappa shape index (κ3) is 3.70. The normalized spacial score (nSPS) is 14.5. The molecule has 1 aliphatic rings. The minimum Gasteiger partial charge on any atom is -0.378 e. The topological polar surface area (TPSA) is 51.1 Å². The predicted molar refractivity (Wildman–Crippen MR) is 101 cm³/mol. The van der Waals surface area contributed by atoms with Crippen LogP contribution >= 0.6 is 15.9 Å². The molecule has 1 aliphatic heterocycles. The average Bonchev–Trinajstić information content (AvgIpc) is 2.69. The van der Waals surface area contributed by atoms with Crippen molar-refractivity contribution in [3.8, 4) is 22.6 Å². The number of halogens is 1. The number of ether oxygens (including phenoxy) is 1. The maximum atomic E-state index is 5.47. The lowest BCUT2D eigenvalue weighted by molar-refractivity contribution is 0.122. The Morgan fingerprint density at radius 2 is 1.72 bits per heavy atom. The van der Waals surface area contributed by atoms with E-state index in [1.54, 1.807) is 6.20 Å². The van der Waals surface area contributed by atoms with Gasteiger partial charge in [-0.15, -0.1) is 0 Å². The SMILES string of the molecule is Brc1cncc(-c2cc(N3CCOCC3)nc(-c3ccccc3)n2)c1. The van der Waals surface area contributed by atoms with Crippen molar-refractivity contribution in [1.82, 2.24) is 15.0 Å². The van der Waals surface area contributed by atoms with Crippen LogP contribution < -0.4 is 4.90 Å². The van der Waals surface area contributed by atoms with Crippen LogP contribution in [0.15, 0.2) is 59.3 Å². The van der Waals surface area contributed by atoms with Crippen molar-refractivity contribution in [3.05, 3.63) is 59.3 Å². The molecule has 0 spiro atoms. The molecule has 1 fully saturated rings. The summed E-state index contributed by atoms with van der Waals surface area (Å²) >= 11 is 3.49. The van der Waals surface area contributed by atoms with E-state index in [9.17, 15) is 0 Å². The van der Waals surface area contributed by atoms with Crippen LogP contribution in [0, 0.1) is 0 Å². The second kappa shape index (κ2) is 7.29. The lowest BCUT2D eigenvalue weighted by Crippen LogP contribution is -2.36. The summed E-state index contributed by atoms with van der Waals surface area (Å²) < 4.78 is 6.39. The van der Waals surface area contributed by atoms with E-state index in [1.807, 2.05) is 48.7 Å². The van der Waals surface area contributed by atoms with Crippen LogP contribution in [0.2, 0.25) is 0 Å². The van der Waals surface area contributed by atoms with Crippen LogP contribution in [0.1, 0.15) is 0 Å². The minimum absolute atomic E-state index is 0.721. The number of morpholine rings is 1. The molecule has 0 N–H and O–H groups in total. The van der Waals surface area contributed by atoms with Gasteiger partial charge in [0.05, 0.1) is 18.9 Å². The zero-order valence-corrected chi connectivity index (χ0v) is 15.2. The van der Waals surface area contributed by atoms with Crippen molar-refractivity contribution in [1.29, 1.82) is 0 Å². The van der Waals surface area contributed by atoms with Crippen molar-refractivity contribution in [2.75, 3.05) is 31.2 Å². The van der Waals surface area contributed by atoms with Gasteiger partial charge in [-0.2, -0.15) is 0 Å². The Kier molecular flexibility index (Phi) is 4.72. The van der Waals surface area contributed by atoms with Gasteiger partial charge in [0, 0.05) is 47.1 Å². The highest BCUT2D eigenvalue weighted by atomic mass is 79.9. The average molecular weight is 397 g/mol. The van der Waals surface area contributed by atoms with E-state index in [2.05, 4.69) is 25.8 Å². The van der Waals surface area contributed by atoms with Crippen LogP contribution in [0.5, 0.6) is 0 Å². The Labute approximate surface area is 154 Å². The molecule has 3 heterocycles. The minimum atomic E-state index is 0.721. The molecule has 0 unspecified atom stereocenters. The molecule has 6 heteroatoms. The predicted octanol–water partition coefficient (Wildman–Crippen LogP) is 3.80. The molecule has 0 amide bonds. The van der Waals surface area contributed by atoms with Crippen LogP contribution in [-0.2, 0) is 4.74 Å². The first-order chi connectivity index (χ1) is 12.3. The van der Waals surface area contributed by atoms with Gasteiger partial charge in [0.2, 0.25) is 0 Å². The largest absolute Gasteiger partial charge is 0.378 e. The van der Waals surface area contributed by atoms with Crippen LogP contribution in [0.25, 0.3) is 22.6 Å². The summed E-state index contributed by atoms with van der Waals surface area (Å²) in [4.78, 5) is 16.1. The first kappa shape index (κ1) is 16.2. The van der Waals surface area contributed by atoms with E-state index in [1.165, 1.54) is 0 Å². The number of hydrogen-bond acceptors (Lipinski definition) is 5. The zero-order chi connectivity index (χ0) is 17.1. The summed E-state index contributed by atoms with van der Waals surface area (Å²) in [6.45, 7) is 3.11. The number of rotatable bonds is 3. The Hall–Kier alpha value is -2.31. The van der Waals surface area contributed by atoms with E-state index in [0.29, 0.717) is 0 Å². The van der Waals surface area contributed by atoms with Crippen molar-refractivity contribution in [2.24, 2.45) is 0 Å². The Bertz CT molecular complexity index is 866.